The lowest BCUT2D eigenvalue weighted by Crippen LogP contribution is -2.46. The largest absolute Gasteiger partial charge is 0.389 e. The van der Waals surface area contributed by atoms with Gasteiger partial charge in [0.05, 0.1) is 11.7 Å². The maximum atomic E-state index is 12.1. The number of piperidine rings is 1. The molecule has 1 atom stereocenters. The number of alkyl halides is 3. The average Bonchev–Trinajstić information content (AvgIpc) is 2.43. The van der Waals surface area contributed by atoms with E-state index in [1.54, 1.807) is 0 Å². The second-order valence-electron chi connectivity index (χ2n) is 5.31. The van der Waals surface area contributed by atoms with Crippen LogP contribution in [0.5, 0.6) is 0 Å². The van der Waals surface area contributed by atoms with Crippen molar-refractivity contribution in [1.29, 1.82) is 0 Å². The van der Waals surface area contributed by atoms with Crippen LogP contribution in [0.1, 0.15) is 25.7 Å². The van der Waals surface area contributed by atoms with Crippen LogP contribution in [0.15, 0.2) is 0 Å². The maximum Gasteiger partial charge on any atom is 0.389 e. The van der Waals surface area contributed by atoms with E-state index in [4.69, 9.17) is 5.73 Å². The molecule has 0 bridgehead atoms. The maximum absolute atomic E-state index is 12.1. The predicted molar refractivity (Wildman–Crippen MR) is 82.7 cm³/mol. The first-order valence-electron chi connectivity index (χ1n) is 7.18. The molecule has 1 heterocycles. The van der Waals surface area contributed by atoms with Gasteiger partial charge in [0, 0.05) is 32.6 Å². The second-order valence-corrected chi connectivity index (χ2v) is 7.40. The van der Waals surface area contributed by atoms with E-state index in [1.165, 1.54) is 0 Å². The molecule has 3 N–H and O–H groups in total. The molecule has 1 amide bonds. The molecule has 0 aromatic rings. The van der Waals surface area contributed by atoms with Gasteiger partial charge in [-0.1, -0.05) is 0 Å². The van der Waals surface area contributed by atoms with Gasteiger partial charge in [-0.25, -0.2) is 12.7 Å². The predicted octanol–water partition coefficient (Wildman–Crippen LogP) is 0.867. The fraction of sp³-hybridized carbons (Fsp3) is 0.917. The van der Waals surface area contributed by atoms with E-state index in [1.807, 2.05) is 0 Å². The lowest BCUT2D eigenvalue weighted by molar-refractivity contribution is -0.134. The molecular weight excluding hydrogens is 359 g/mol. The molecule has 23 heavy (non-hydrogen) atoms. The van der Waals surface area contributed by atoms with Crippen molar-refractivity contribution in [2.24, 2.45) is 11.7 Å². The minimum Gasteiger partial charge on any atom is -0.355 e. The van der Waals surface area contributed by atoms with Gasteiger partial charge in [-0.15, -0.1) is 12.4 Å². The van der Waals surface area contributed by atoms with Gasteiger partial charge in [0.2, 0.25) is 15.9 Å². The number of hydrogen-bond acceptors (Lipinski definition) is 4. The molecule has 11 heteroatoms. The Hall–Kier alpha value is -0.580. The van der Waals surface area contributed by atoms with Crippen LogP contribution in [0.4, 0.5) is 13.2 Å². The van der Waals surface area contributed by atoms with Crippen molar-refractivity contribution in [3.63, 3.8) is 0 Å². The molecule has 1 aliphatic heterocycles. The fourth-order valence-corrected chi connectivity index (χ4v) is 3.91. The minimum absolute atomic E-state index is 0. The molecule has 0 aliphatic carbocycles. The van der Waals surface area contributed by atoms with Crippen LogP contribution >= 0.6 is 12.4 Å². The van der Waals surface area contributed by atoms with Crippen LogP contribution in [-0.4, -0.2) is 56.7 Å². The number of rotatable bonds is 7. The molecule has 0 aromatic heterocycles. The Morgan fingerprint density at radius 2 is 2.00 bits per heavy atom. The molecular formula is C12H23ClF3N3O3S. The summed E-state index contributed by atoms with van der Waals surface area (Å²) in [5.41, 5.74) is 5.28. The van der Waals surface area contributed by atoms with Crippen LogP contribution in [0.25, 0.3) is 0 Å². The zero-order valence-electron chi connectivity index (χ0n) is 12.6. The first-order valence-corrected chi connectivity index (χ1v) is 8.79. The number of hydrogen-bond donors (Lipinski definition) is 2. The van der Waals surface area contributed by atoms with Gasteiger partial charge < -0.3 is 11.1 Å². The van der Waals surface area contributed by atoms with Crippen LogP contribution in [-0.2, 0) is 14.8 Å². The van der Waals surface area contributed by atoms with Gasteiger partial charge in [0.15, 0.2) is 0 Å². The van der Waals surface area contributed by atoms with Crippen molar-refractivity contribution in [2.45, 2.75) is 31.9 Å². The minimum atomic E-state index is -4.36. The molecule has 1 aliphatic rings. The number of sulfonamides is 1. The molecule has 138 valence electrons. The first kappa shape index (κ1) is 22.4. The second kappa shape index (κ2) is 9.65. The Morgan fingerprint density at radius 1 is 1.35 bits per heavy atom. The highest BCUT2D eigenvalue weighted by atomic mass is 35.5. The summed E-state index contributed by atoms with van der Waals surface area (Å²) in [4.78, 5) is 11.8. The van der Waals surface area contributed by atoms with Gasteiger partial charge in [-0.05, 0) is 19.3 Å². The van der Waals surface area contributed by atoms with Gasteiger partial charge in [0.1, 0.15) is 0 Å². The molecule has 0 saturated carbocycles. The summed E-state index contributed by atoms with van der Waals surface area (Å²) in [6.45, 7) is 0.866. The third-order valence-corrected chi connectivity index (χ3v) is 5.38. The number of nitrogens with one attached hydrogen (secondary N) is 1. The quantitative estimate of drug-likeness (QED) is 0.684. The number of carbonyl (C=O) groups is 1. The van der Waals surface area contributed by atoms with Crippen LogP contribution in [0, 0.1) is 5.92 Å². The van der Waals surface area contributed by atoms with Crippen LogP contribution in [0.2, 0.25) is 0 Å². The summed E-state index contributed by atoms with van der Waals surface area (Å²) in [7, 11) is -3.76. The molecule has 1 unspecified atom stereocenters. The van der Waals surface area contributed by atoms with Gasteiger partial charge >= 0.3 is 6.18 Å². The summed E-state index contributed by atoms with van der Waals surface area (Å²) in [5.74, 6) is -1.29. The highest BCUT2D eigenvalue weighted by Gasteiger charge is 2.33. The van der Waals surface area contributed by atoms with E-state index in [-0.39, 0.29) is 37.9 Å². The van der Waals surface area contributed by atoms with E-state index in [0.717, 1.165) is 4.31 Å². The van der Waals surface area contributed by atoms with Crippen LogP contribution < -0.4 is 11.1 Å². The van der Waals surface area contributed by atoms with E-state index in [0.29, 0.717) is 19.4 Å². The lowest BCUT2D eigenvalue weighted by Gasteiger charge is -2.31. The Labute approximate surface area is 140 Å². The Balaban J connectivity index is 0.00000484. The number of halogens is 4. The average molecular weight is 382 g/mol. The molecule has 6 nitrogen and oxygen atoms in total. The molecule has 1 rings (SSSR count). The highest BCUT2D eigenvalue weighted by molar-refractivity contribution is 7.89. The molecule has 0 spiro atoms. The molecule has 1 fully saturated rings. The Kier molecular flexibility index (Phi) is 9.41. The van der Waals surface area contributed by atoms with Crippen molar-refractivity contribution in [3.05, 3.63) is 0 Å². The summed E-state index contributed by atoms with van der Waals surface area (Å²) in [6.07, 6.45) is -4.88. The van der Waals surface area contributed by atoms with Gasteiger partial charge in [-0.3, -0.25) is 4.79 Å². The van der Waals surface area contributed by atoms with Gasteiger partial charge in [-0.2, -0.15) is 13.2 Å². The van der Waals surface area contributed by atoms with Crippen LogP contribution in [0.3, 0.4) is 0 Å². The number of nitrogens with two attached hydrogens (primary N) is 1. The topological polar surface area (TPSA) is 92.5 Å². The van der Waals surface area contributed by atoms with Gasteiger partial charge in [0.25, 0.3) is 0 Å². The summed E-state index contributed by atoms with van der Waals surface area (Å²) >= 11 is 0. The molecule has 0 aromatic carbocycles. The first-order chi connectivity index (χ1) is 10.2. The Bertz CT molecular complexity index is 474. The molecule has 0 radical (unpaired) electrons. The summed E-state index contributed by atoms with van der Waals surface area (Å²) in [5, 5.41) is 2.60. The Morgan fingerprint density at radius 3 is 2.57 bits per heavy atom. The van der Waals surface area contributed by atoms with Crippen molar-refractivity contribution < 1.29 is 26.4 Å². The zero-order chi connectivity index (χ0) is 16.8. The third kappa shape index (κ3) is 8.18. The number of amides is 1. The van der Waals surface area contributed by atoms with Crippen molar-refractivity contribution in [2.75, 3.05) is 31.9 Å². The van der Waals surface area contributed by atoms with Crippen molar-refractivity contribution in [3.8, 4) is 0 Å². The monoisotopic (exact) mass is 381 g/mol. The normalized spacial score (nSPS) is 19.9. The van der Waals surface area contributed by atoms with E-state index in [2.05, 4.69) is 5.32 Å². The SMILES string of the molecule is Cl.NCCNC(=O)C1CCCN(S(=O)(=O)CCCC(F)(F)F)C1. The third-order valence-electron chi connectivity index (χ3n) is 3.45. The van der Waals surface area contributed by atoms with E-state index >= 15 is 0 Å². The summed E-state index contributed by atoms with van der Waals surface area (Å²) in [6, 6.07) is 0. The summed E-state index contributed by atoms with van der Waals surface area (Å²) < 4.78 is 61.5. The fourth-order valence-electron chi connectivity index (χ4n) is 2.33. The zero-order valence-corrected chi connectivity index (χ0v) is 14.3. The molecule has 1 saturated heterocycles. The number of nitrogens with zero attached hydrogens (tertiary/aromatic N) is 1. The number of carbonyl (C=O) groups excluding carboxylic acids is 1. The van der Waals surface area contributed by atoms with E-state index < -0.39 is 40.7 Å². The van der Waals surface area contributed by atoms with E-state index in [9.17, 15) is 26.4 Å². The lowest BCUT2D eigenvalue weighted by atomic mass is 9.99. The van der Waals surface area contributed by atoms with Crippen molar-refractivity contribution >= 4 is 28.3 Å². The standard InChI is InChI=1S/C12H22F3N3O3S.ClH/c13-12(14,15)4-2-8-22(20,21)18-7-1-3-10(9-18)11(19)17-6-5-16;/h10H,1-9,16H2,(H,17,19);1H. The van der Waals surface area contributed by atoms with Crippen molar-refractivity contribution in [1.82, 2.24) is 9.62 Å². The highest BCUT2D eigenvalue weighted by Crippen LogP contribution is 2.24. The smallest absolute Gasteiger partial charge is 0.355 e.